The number of methoxy groups -OCH3 is 1. The molecule has 0 saturated heterocycles. The number of hydrogen-bond donors (Lipinski definition) is 1. The number of imidazole rings is 1. The average Bonchev–Trinajstić information content (AvgIpc) is 3.33. The van der Waals surface area contributed by atoms with Crippen LogP contribution in [0.15, 0.2) is 30.6 Å². The highest BCUT2D eigenvalue weighted by Crippen LogP contribution is 2.37. The van der Waals surface area contributed by atoms with Gasteiger partial charge in [-0.25, -0.2) is 9.97 Å². The zero-order chi connectivity index (χ0) is 22.5. The fourth-order valence-electron chi connectivity index (χ4n) is 2.77. The molecule has 3 rings (SSSR count). The van der Waals surface area contributed by atoms with E-state index in [-0.39, 0.29) is 11.0 Å². The van der Waals surface area contributed by atoms with Crippen LogP contribution >= 0.6 is 22.9 Å². The molecule has 0 aliphatic heterocycles. The number of anilines is 1. The van der Waals surface area contributed by atoms with Crippen LogP contribution < -0.4 is 14.8 Å². The smallest absolute Gasteiger partial charge is 0.320 e. The molecule has 0 bridgehead atoms. The van der Waals surface area contributed by atoms with Gasteiger partial charge in [0.05, 0.1) is 29.3 Å². The van der Waals surface area contributed by atoms with Crippen LogP contribution in [0.2, 0.25) is 5.02 Å². The van der Waals surface area contributed by atoms with Crippen LogP contribution in [0.5, 0.6) is 11.5 Å². The number of aryl methyl sites for hydroxylation is 1. The highest BCUT2D eigenvalue weighted by Gasteiger charge is 2.19. The Bertz CT molecular complexity index is 1110. The van der Waals surface area contributed by atoms with Crippen molar-refractivity contribution in [1.82, 2.24) is 14.5 Å². The van der Waals surface area contributed by atoms with Gasteiger partial charge in [0, 0.05) is 18.5 Å². The number of benzene rings is 1. The Labute approximate surface area is 186 Å². The van der Waals surface area contributed by atoms with E-state index in [1.165, 1.54) is 25.6 Å². The zero-order valence-corrected chi connectivity index (χ0v) is 18.4. The van der Waals surface area contributed by atoms with Gasteiger partial charge in [-0.05, 0) is 37.6 Å². The Hall–Kier alpha value is -2.98. The monoisotopic (exact) mass is 468 g/mol. The molecule has 2 heterocycles. The van der Waals surface area contributed by atoms with Crippen molar-refractivity contribution in [2.75, 3.05) is 19.0 Å². The number of nitrogens with one attached hydrogen (secondary N) is 1. The first kappa shape index (κ1) is 22.7. The lowest BCUT2D eigenvalue weighted by molar-refractivity contribution is -0.111. The molecular weight excluding hydrogens is 450 g/mol. The van der Waals surface area contributed by atoms with E-state index in [0.717, 1.165) is 15.9 Å². The summed E-state index contributed by atoms with van der Waals surface area (Å²) in [5.74, 6) is 0.533. The van der Waals surface area contributed by atoms with E-state index in [1.807, 2.05) is 6.92 Å². The number of ether oxygens (including phenoxy) is 2. The summed E-state index contributed by atoms with van der Waals surface area (Å²) in [6.07, 6.45) is 5.35. The molecule has 3 aromatic rings. The fourth-order valence-corrected chi connectivity index (χ4v) is 4.03. The second kappa shape index (κ2) is 9.88. The van der Waals surface area contributed by atoms with Crippen LogP contribution in [-0.2, 0) is 4.79 Å². The first-order valence-electron chi connectivity index (χ1n) is 9.12. The number of carbonyl (C=O) groups is 1. The minimum absolute atomic E-state index is 0.0948. The number of aromatic nitrogens is 3. The van der Waals surface area contributed by atoms with Crippen LogP contribution in [0.4, 0.5) is 13.9 Å². The van der Waals surface area contributed by atoms with Gasteiger partial charge in [-0.15, -0.1) is 0 Å². The van der Waals surface area contributed by atoms with Crippen molar-refractivity contribution in [3.8, 4) is 22.2 Å². The molecule has 31 heavy (non-hydrogen) atoms. The molecule has 11 heteroatoms. The van der Waals surface area contributed by atoms with Gasteiger partial charge in [0.15, 0.2) is 22.5 Å². The highest BCUT2D eigenvalue weighted by atomic mass is 35.5. The molecule has 2 aromatic heterocycles. The lowest BCUT2D eigenvalue weighted by Gasteiger charge is -2.11. The molecule has 0 unspecified atom stereocenters. The van der Waals surface area contributed by atoms with Crippen molar-refractivity contribution in [3.63, 3.8) is 0 Å². The summed E-state index contributed by atoms with van der Waals surface area (Å²) < 4.78 is 37.7. The third kappa shape index (κ3) is 5.20. The minimum Gasteiger partial charge on any atom is -0.491 e. The summed E-state index contributed by atoms with van der Waals surface area (Å²) >= 11 is 7.27. The molecule has 1 N–H and O–H groups in total. The molecule has 0 aliphatic rings. The Balaban J connectivity index is 1.76. The van der Waals surface area contributed by atoms with E-state index in [4.69, 9.17) is 21.1 Å². The van der Waals surface area contributed by atoms with E-state index in [0.29, 0.717) is 39.3 Å². The van der Waals surface area contributed by atoms with Crippen molar-refractivity contribution < 1.29 is 23.0 Å². The maximum atomic E-state index is 13.1. The molecule has 0 atom stereocenters. The Morgan fingerprint density at radius 2 is 2.19 bits per heavy atom. The molecule has 1 amide bonds. The average molecular weight is 469 g/mol. The lowest BCUT2D eigenvalue weighted by atomic mass is 10.2. The van der Waals surface area contributed by atoms with Gasteiger partial charge in [-0.1, -0.05) is 22.9 Å². The summed E-state index contributed by atoms with van der Waals surface area (Å²) in [6, 6.07) is 3.34. The number of rotatable bonds is 8. The Kier molecular flexibility index (Phi) is 7.24. The number of alkyl halides is 2. The molecule has 0 radical (unpaired) electrons. The van der Waals surface area contributed by atoms with Crippen molar-refractivity contribution in [1.29, 1.82) is 0 Å². The maximum absolute atomic E-state index is 13.1. The first-order valence-corrected chi connectivity index (χ1v) is 10.3. The predicted octanol–water partition coefficient (Wildman–Crippen LogP) is 5.42. The highest BCUT2D eigenvalue weighted by molar-refractivity contribution is 7.19. The van der Waals surface area contributed by atoms with Crippen LogP contribution in [-0.4, -0.2) is 34.2 Å². The van der Waals surface area contributed by atoms with Crippen molar-refractivity contribution >= 4 is 40.1 Å². The van der Waals surface area contributed by atoms with Gasteiger partial charge in [0.25, 0.3) is 0 Å². The predicted molar refractivity (Wildman–Crippen MR) is 116 cm³/mol. The molecule has 0 spiro atoms. The van der Waals surface area contributed by atoms with Gasteiger partial charge in [-0.2, -0.15) is 8.78 Å². The van der Waals surface area contributed by atoms with Crippen molar-refractivity contribution in [3.05, 3.63) is 46.9 Å². The third-order valence-corrected chi connectivity index (χ3v) is 5.42. The molecular formula is C20H19ClF2N4O3S. The lowest BCUT2D eigenvalue weighted by Crippen LogP contribution is -2.07. The number of amides is 1. The first-order chi connectivity index (χ1) is 14.8. The van der Waals surface area contributed by atoms with Gasteiger partial charge < -0.3 is 9.47 Å². The van der Waals surface area contributed by atoms with E-state index < -0.39 is 12.5 Å². The molecule has 0 aliphatic carbocycles. The SMILES string of the molecule is CCOc1cc(C=CC(=O)Nc2nc(C)c(-c3nccn3C(F)F)s2)cc(Cl)c1OC. The van der Waals surface area contributed by atoms with E-state index in [9.17, 15) is 13.6 Å². The fraction of sp³-hybridized carbons (Fsp3) is 0.250. The van der Waals surface area contributed by atoms with Crippen LogP contribution in [0, 0.1) is 6.92 Å². The molecule has 0 saturated carbocycles. The van der Waals surface area contributed by atoms with Crippen molar-refractivity contribution in [2.45, 2.75) is 20.4 Å². The molecule has 1 aromatic carbocycles. The minimum atomic E-state index is -2.72. The van der Waals surface area contributed by atoms with Gasteiger partial charge >= 0.3 is 6.55 Å². The molecule has 7 nitrogen and oxygen atoms in total. The standard InChI is InChI=1S/C20H19ClF2N4O3S/c1-4-30-14-10-12(9-13(21)16(14)29-3)5-6-15(28)26-20-25-11(2)17(31-20)18-24-7-8-27(18)19(22)23/h5-10,19H,4H2,1-3H3,(H,25,26,28). The number of halogens is 3. The number of carbonyl (C=O) groups excluding carboxylic acids is 1. The largest absolute Gasteiger partial charge is 0.491 e. The Morgan fingerprint density at radius 1 is 1.42 bits per heavy atom. The summed E-state index contributed by atoms with van der Waals surface area (Å²) in [5, 5.41) is 3.25. The number of nitrogens with zero attached hydrogens (tertiary/aromatic N) is 3. The van der Waals surface area contributed by atoms with E-state index in [1.54, 1.807) is 25.1 Å². The van der Waals surface area contributed by atoms with E-state index >= 15 is 0 Å². The zero-order valence-electron chi connectivity index (χ0n) is 16.9. The normalized spacial score (nSPS) is 11.3. The van der Waals surface area contributed by atoms with Crippen LogP contribution in [0.3, 0.4) is 0 Å². The maximum Gasteiger partial charge on any atom is 0.320 e. The summed E-state index contributed by atoms with van der Waals surface area (Å²) in [4.78, 5) is 21.0. The third-order valence-electron chi connectivity index (χ3n) is 4.07. The second-order valence-corrected chi connectivity index (χ2v) is 7.57. The van der Waals surface area contributed by atoms with Crippen molar-refractivity contribution in [2.24, 2.45) is 0 Å². The van der Waals surface area contributed by atoms with Crippen LogP contribution in [0.25, 0.3) is 16.8 Å². The number of thiazole rings is 1. The van der Waals surface area contributed by atoms with Gasteiger partial charge in [0.1, 0.15) is 0 Å². The summed E-state index contributed by atoms with van der Waals surface area (Å²) in [7, 11) is 1.49. The van der Waals surface area contributed by atoms with E-state index in [2.05, 4.69) is 15.3 Å². The van der Waals surface area contributed by atoms with Crippen LogP contribution in [0.1, 0.15) is 24.7 Å². The van der Waals surface area contributed by atoms with Gasteiger partial charge in [0.2, 0.25) is 5.91 Å². The summed E-state index contributed by atoms with van der Waals surface area (Å²) in [5.41, 5.74) is 1.13. The Morgan fingerprint density at radius 3 is 2.87 bits per heavy atom. The number of hydrogen-bond acceptors (Lipinski definition) is 6. The topological polar surface area (TPSA) is 78.3 Å². The molecule has 0 fully saturated rings. The second-order valence-electron chi connectivity index (χ2n) is 6.16. The van der Waals surface area contributed by atoms with Gasteiger partial charge in [-0.3, -0.25) is 14.7 Å². The molecule has 164 valence electrons. The summed E-state index contributed by atoms with van der Waals surface area (Å²) in [6.45, 7) is 1.20. The quantitative estimate of drug-likeness (QED) is 0.446.